The van der Waals surface area contributed by atoms with Crippen LogP contribution in [0.25, 0.3) is 0 Å². The van der Waals surface area contributed by atoms with E-state index in [0.717, 1.165) is 25.7 Å². The van der Waals surface area contributed by atoms with Crippen molar-refractivity contribution < 1.29 is 102 Å². The second-order valence-corrected chi connectivity index (χ2v) is 34.6. The summed E-state index contributed by atoms with van der Waals surface area (Å²) >= 11 is 0. The standard InChI is InChI=1S/C38H48FN3O10S.C37H46FN3O10S/c1-51-34(45)14-8-12-27(43)17-24-9-5-3-2-4-6-11-26-19-38(26,33(44)23-53(49,50)29-15-16-29)40-35(46)32-18-28(21-42(32)36(24)47)52-37(48)41-20-25-10-7-13-31(39)30(25)22-41;38-30-12-6-9-24-19-40(21-29(24)30)36(48)51-27-17-31-34(46)39-37(32(43)22-52(49,50)28-14-15-28)18-25(37)10-5-3-1-2-4-8-23(35(47)41(31)20-27)16-26(42)11-7-13-33(44)45/h6-7,10-11,13,24,26,28-29,32H,2-5,8-9,12,14-23H2,1H3,(H,40,46);5-6,9-10,12,23,25,27-28,31H,1-4,7-8,11,13-22H2,(H,39,46)(H,44,45)/b11-6-;10-5-/t24-,26-,28-,32+,38-;23-,25-,27-,31+,37-/m11/s1. The van der Waals surface area contributed by atoms with Crippen LogP contribution >= 0.6 is 0 Å². The number of Topliss-reactive ketones (excluding diaryl/α,β-unsaturated/α-hetero) is 4. The molecular weight excluding hydrogens is 1410 g/mol. The number of carboxylic acids is 1. The van der Waals surface area contributed by atoms with Gasteiger partial charge in [-0.05, 0) is 113 Å². The highest BCUT2D eigenvalue weighted by Crippen LogP contribution is 2.49. The van der Waals surface area contributed by atoms with Gasteiger partial charge in [0.25, 0.3) is 0 Å². The lowest BCUT2D eigenvalue weighted by molar-refractivity contribution is -0.144. The Hall–Kier alpha value is -8.28. The van der Waals surface area contributed by atoms with E-state index < -0.39 is 172 Å². The number of fused-ring (bicyclic) bond motifs is 6. The van der Waals surface area contributed by atoms with Crippen molar-refractivity contribution in [3.63, 3.8) is 0 Å². The number of sulfone groups is 2. The maximum Gasteiger partial charge on any atom is 0.410 e. The van der Waals surface area contributed by atoms with Gasteiger partial charge in [0.15, 0.2) is 31.2 Å². The summed E-state index contributed by atoms with van der Waals surface area (Å²) in [5.41, 5.74) is -0.821. The average Bonchev–Trinajstić information content (AvgIpc) is 1.58. The number of hydrogen-bond donors (Lipinski definition) is 3. The summed E-state index contributed by atoms with van der Waals surface area (Å²) in [5.74, 6) is -10.1. The molecule has 570 valence electrons. The fraction of sp³-hybridized carbons (Fsp3) is 0.627. The van der Waals surface area contributed by atoms with E-state index in [4.69, 9.17) is 14.6 Å². The Bertz CT molecular complexity index is 4050. The molecule has 0 unspecified atom stereocenters. The number of benzene rings is 2. The lowest BCUT2D eigenvalue weighted by Gasteiger charge is -2.29. The number of nitrogens with one attached hydrogen (secondary N) is 2. The first kappa shape index (κ1) is 77.8. The van der Waals surface area contributed by atoms with E-state index in [1.807, 2.05) is 24.3 Å². The van der Waals surface area contributed by atoms with Gasteiger partial charge in [-0.25, -0.2) is 35.2 Å². The molecular formula is C75H94F2N6O20S2. The Kier molecular flexibility index (Phi) is 24.6. The van der Waals surface area contributed by atoms with E-state index in [1.54, 1.807) is 24.3 Å². The van der Waals surface area contributed by atoms with Crippen molar-refractivity contribution >= 4 is 90.6 Å². The largest absolute Gasteiger partial charge is 0.481 e. The van der Waals surface area contributed by atoms with Crippen LogP contribution in [0.5, 0.6) is 0 Å². The Balaban J connectivity index is 0.000000210. The van der Waals surface area contributed by atoms with Crippen LogP contribution in [0.15, 0.2) is 60.7 Å². The Labute approximate surface area is 609 Å². The van der Waals surface area contributed by atoms with E-state index in [1.165, 1.54) is 38.8 Å². The van der Waals surface area contributed by atoms with Crippen molar-refractivity contribution in [2.75, 3.05) is 31.7 Å². The van der Waals surface area contributed by atoms with Crippen LogP contribution in [0, 0.1) is 35.3 Å². The maximum atomic E-state index is 14.4. The minimum Gasteiger partial charge on any atom is -0.481 e. The summed E-state index contributed by atoms with van der Waals surface area (Å²) in [4.78, 5) is 165. The predicted octanol–water partition coefficient (Wildman–Crippen LogP) is 7.33. The third-order valence-electron chi connectivity index (χ3n) is 22.2. The Morgan fingerprint density at radius 2 is 0.971 bits per heavy atom. The van der Waals surface area contributed by atoms with Crippen LogP contribution in [-0.2, 0) is 108 Å². The fourth-order valence-electron chi connectivity index (χ4n) is 15.6. The minimum atomic E-state index is -3.68. The molecule has 2 aromatic carbocycles. The molecule has 6 fully saturated rings. The molecule has 30 heteroatoms. The SMILES string of the molecule is COC(=O)CCCC(=O)C[C@H]1CCCCC/C=C\[C@@H]2C[C@@]2(C(=O)CS(=O)(=O)C2CC2)NC(=O)[C@@H]2C[C@@H](OC(=O)N3Cc4cccc(F)c4C3)CN2C1=O.O=C(O)CCCC(=O)C[C@H]1CCCCC/C=C\[C@@H]2C[C@@]2(C(=O)CS(=O)(=O)C2CC2)NC(=O)[C@@H]2C[C@@H](OC(=O)N3Cc4cccc(F)c4C3)CN2C1=O. The number of ketones is 4. The lowest BCUT2D eigenvalue weighted by Crippen LogP contribution is -2.54. The van der Waals surface area contributed by atoms with Crippen LogP contribution in [0.2, 0.25) is 0 Å². The zero-order chi connectivity index (χ0) is 75.1. The van der Waals surface area contributed by atoms with Gasteiger partial charge >= 0.3 is 24.1 Å². The number of methoxy groups -OCH3 is 1. The zero-order valence-electron chi connectivity index (χ0n) is 59.2. The van der Waals surface area contributed by atoms with Gasteiger partial charge in [0.05, 0.1) is 43.8 Å². The molecule has 6 aliphatic heterocycles. The number of amides is 6. The number of carboxylic acid groups (broad SMARTS) is 1. The molecule has 26 nitrogen and oxygen atoms in total. The molecule has 0 aromatic heterocycles. The highest BCUT2D eigenvalue weighted by atomic mass is 32.2. The zero-order valence-corrected chi connectivity index (χ0v) is 60.8. The van der Waals surface area contributed by atoms with Gasteiger partial charge < -0.3 is 39.8 Å². The summed E-state index contributed by atoms with van der Waals surface area (Å²) in [6, 6.07) is 6.83. The van der Waals surface area contributed by atoms with Crippen molar-refractivity contribution in [2.24, 2.45) is 23.7 Å². The van der Waals surface area contributed by atoms with Crippen molar-refractivity contribution in [1.29, 1.82) is 0 Å². The van der Waals surface area contributed by atoms with E-state index in [2.05, 4.69) is 15.4 Å². The summed E-state index contributed by atoms with van der Waals surface area (Å²) in [6.07, 6.45) is 13.0. The van der Waals surface area contributed by atoms with Gasteiger partial charge in [-0.3, -0.25) is 57.7 Å². The third-order valence-corrected chi connectivity index (χ3v) is 26.5. The number of allylic oxidation sites excluding steroid dienone is 2. The lowest BCUT2D eigenvalue weighted by atomic mass is 9.92. The fourth-order valence-corrected chi connectivity index (χ4v) is 19.1. The van der Waals surface area contributed by atoms with Gasteiger partial charge in [0.1, 0.15) is 70.1 Å². The molecule has 0 bridgehead atoms. The number of halogens is 2. The second-order valence-electron chi connectivity index (χ2n) is 30.1. The molecule has 10 aliphatic rings. The Morgan fingerprint density at radius 3 is 1.36 bits per heavy atom. The highest BCUT2D eigenvalue weighted by Gasteiger charge is 2.63. The molecule has 4 saturated carbocycles. The van der Waals surface area contributed by atoms with Gasteiger partial charge in [0, 0.05) is 99.3 Å². The van der Waals surface area contributed by atoms with E-state index >= 15 is 0 Å². The van der Waals surface area contributed by atoms with Gasteiger partial charge in [-0.1, -0.05) is 74.3 Å². The second kappa shape index (κ2) is 33.2. The third kappa shape index (κ3) is 19.1. The summed E-state index contributed by atoms with van der Waals surface area (Å²) in [7, 11) is -6.09. The molecule has 105 heavy (non-hydrogen) atoms. The number of carbonyl (C=O) groups excluding carboxylic acids is 11. The van der Waals surface area contributed by atoms with Crippen LogP contribution in [0.3, 0.4) is 0 Å². The molecule has 0 radical (unpaired) electrons. The number of carbonyl (C=O) groups is 12. The molecule has 4 aliphatic carbocycles. The predicted molar refractivity (Wildman–Crippen MR) is 372 cm³/mol. The normalized spacial score (nSPS) is 28.2. The number of aliphatic carboxylic acids is 1. The molecule has 12 rings (SSSR count). The van der Waals surface area contributed by atoms with E-state index in [9.17, 15) is 83.2 Å². The summed E-state index contributed by atoms with van der Waals surface area (Å²) < 4.78 is 96.6. The van der Waals surface area contributed by atoms with Crippen molar-refractivity contribution in [3.8, 4) is 0 Å². The number of hydrogen-bond acceptors (Lipinski definition) is 19. The van der Waals surface area contributed by atoms with Crippen LogP contribution in [0.1, 0.15) is 189 Å². The van der Waals surface area contributed by atoms with Crippen LogP contribution in [-0.4, -0.2) is 190 Å². The smallest absolute Gasteiger partial charge is 0.410 e. The monoisotopic (exact) mass is 1500 g/mol. The summed E-state index contributed by atoms with van der Waals surface area (Å²) in [5, 5.41) is 13.6. The Morgan fingerprint density at radius 1 is 0.552 bits per heavy atom. The average molecular weight is 1500 g/mol. The number of nitrogens with zero attached hydrogens (tertiary/aromatic N) is 4. The molecule has 3 N–H and O–H groups in total. The molecule has 2 aromatic rings. The van der Waals surface area contributed by atoms with Crippen molar-refractivity contribution in [3.05, 3.63) is 94.6 Å². The minimum absolute atomic E-state index is 0.00356. The first-order chi connectivity index (χ1) is 50.1. The quantitative estimate of drug-likeness (QED) is 0.0590. The van der Waals surface area contributed by atoms with Gasteiger partial charge in [0.2, 0.25) is 23.6 Å². The molecule has 6 heterocycles. The molecule has 2 saturated heterocycles. The first-order valence-electron chi connectivity index (χ1n) is 36.9. The molecule has 10 atom stereocenters. The number of rotatable bonds is 22. The first-order valence-corrected chi connectivity index (χ1v) is 40.3. The highest BCUT2D eigenvalue weighted by molar-refractivity contribution is 7.93. The van der Waals surface area contributed by atoms with Gasteiger partial charge in [-0.2, -0.15) is 0 Å². The molecule has 0 spiro atoms. The number of esters is 1. The summed E-state index contributed by atoms with van der Waals surface area (Å²) in [6.45, 7) is -0.0542. The maximum absolute atomic E-state index is 14.4. The molecule has 6 amide bonds. The van der Waals surface area contributed by atoms with Gasteiger partial charge in [-0.15, -0.1) is 0 Å². The van der Waals surface area contributed by atoms with Crippen LogP contribution < -0.4 is 10.6 Å². The van der Waals surface area contributed by atoms with Crippen LogP contribution in [0.4, 0.5) is 18.4 Å². The van der Waals surface area contributed by atoms with E-state index in [0.29, 0.717) is 86.5 Å². The van der Waals surface area contributed by atoms with Crippen molar-refractivity contribution in [1.82, 2.24) is 30.2 Å². The van der Waals surface area contributed by atoms with Crippen molar-refractivity contribution in [2.45, 2.75) is 239 Å². The number of ether oxygens (including phenoxy) is 3. The topological polar surface area (TPSA) is 358 Å². The van der Waals surface area contributed by atoms with E-state index in [-0.39, 0.29) is 128 Å².